The molecule has 12 heteroatoms. The Morgan fingerprint density at radius 2 is 1.79 bits per heavy atom. The Kier molecular flexibility index (Phi) is 7.29. The fraction of sp³-hybridized carbons (Fsp3) is 0.333. The molecule has 0 saturated heterocycles. The molecule has 1 fully saturated rings. The second-order valence-electron chi connectivity index (χ2n) is 7.36. The van der Waals surface area contributed by atoms with Gasteiger partial charge in [0, 0.05) is 13.1 Å². The average molecular weight is 498 g/mol. The number of hydrogen-bond acceptors (Lipinski definition) is 9. The maximum Gasteiger partial charge on any atom is 0.269 e. The van der Waals surface area contributed by atoms with Gasteiger partial charge in [-0.05, 0) is 36.8 Å². The Balaban J connectivity index is 1.86. The number of carbonyl (C=O) groups excluding carboxylic acids is 2. The van der Waals surface area contributed by atoms with Crippen molar-refractivity contribution < 1.29 is 32.7 Å². The molecule has 178 valence electrons. The van der Waals surface area contributed by atoms with Crippen LogP contribution in [0, 0.1) is 0 Å². The molecule has 1 aliphatic rings. The predicted molar refractivity (Wildman–Crippen MR) is 121 cm³/mol. The molecule has 0 amide bonds. The number of phenols is 1. The summed E-state index contributed by atoms with van der Waals surface area (Å²) in [6, 6.07) is 7.60. The second-order valence-corrected chi connectivity index (χ2v) is 9.64. The Morgan fingerprint density at radius 3 is 2.42 bits per heavy atom. The van der Waals surface area contributed by atoms with Crippen molar-refractivity contribution in [3.63, 3.8) is 0 Å². The number of methoxy groups -OCH3 is 1. The minimum Gasteiger partial charge on any atom is -0.504 e. The zero-order valence-corrected chi connectivity index (χ0v) is 19.9. The molecule has 1 saturated carbocycles. The Labute approximate surface area is 196 Å². The summed E-state index contributed by atoms with van der Waals surface area (Å²) in [6.07, 6.45) is 0. The third kappa shape index (κ3) is 4.68. The second kappa shape index (κ2) is 9.65. The summed E-state index contributed by atoms with van der Waals surface area (Å²) >= 11 is 6.02. The summed E-state index contributed by atoms with van der Waals surface area (Å²) in [5.41, 5.74) is 0.764. The van der Waals surface area contributed by atoms with E-state index in [2.05, 4.69) is 10.6 Å². The molecule has 2 aromatic rings. The lowest BCUT2D eigenvalue weighted by Gasteiger charge is -2.37. The van der Waals surface area contributed by atoms with E-state index in [1.165, 1.54) is 12.1 Å². The first-order valence-electron chi connectivity index (χ1n) is 9.82. The lowest BCUT2D eigenvalue weighted by Crippen LogP contribution is -2.67. The van der Waals surface area contributed by atoms with Crippen molar-refractivity contribution in [1.29, 1.82) is 0 Å². The summed E-state index contributed by atoms with van der Waals surface area (Å²) in [4.78, 5) is 28.7. The molecule has 3 N–H and O–H groups in total. The van der Waals surface area contributed by atoms with Crippen LogP contribution in [0.1, 0.15) is 18.5 Å². The number of sulfonamides is 1. The van der Waals surface area contributed by atoms with Crippen molar-refractivity contribution in [2.24, 2.45) is 0 Å². The van der Waals surface area contributed by atoms with E-state index < -0.39 is 44.3 Å². The van der Waals surface area contributed by atoms with Crippen LogP contribution in [-0.4, -0.2) is 62.9 Å². The third-order valence-electron chi connectivity index (χ3n) is 5.41. The number of nitrogens with one attached hydrogen (secondary N) is 2. The Morgan fingerprint density at radius 1 is 1.12 bits per heavy atom. The zero-order valence-electron chi connectivity index (χ0n) is 18.3. The van der Waals surface area contributed by atoms with Crippen molar-refractivity contribution >= 4 is 38.9 Å². The largest absolute Gasteiger partial charge is 0.504 e. The molecular formula is C21H24ClN3O7S. The highest BCUT2D eigenvalue weighted by molar-refractivity contribution is 7.89. The number of rotatable bonds is 9. The number of ketones is 2. The highest BCUT2D eigenvalue weighted by Gasteiger charge is 2.50. The summed E-state index contributed by atoms with van der Waals surface area (Å²) < 4.78 is 31.0. The van der Waals surface area contributed by atoms with E-state index in [-0.39, 0.29) is 16.8 Å². The minimum absolute atomic E-state index is 0.0749. The van der Waals surface area contributed by atoms with E-state index in [0.29, 0.717) is 10.2 Å². The maximum atomic E-state index is 12.6. The maximum absolute atomic E-state index is 12.6. The monoisotopic (exact) mass is 497 g/mol. The number of phenolic OH excluding ortho intramolecular Hbond substituents is 1. The van der Waals surface area contributed by atoms with E-state index in [1.54, 1.807) is 25.3 Å². The standard InChI is InChI=1S/C21H24ClN3O7S/c1-11(12-6-5-7-13(10-12)31-3)23-16-17(20(28)19(16)27)24-15-9-8-14(22)21(18(15)26)33(29,30)25(2)32-4/h5-11,16-17,23-24,26H,1-4H3. The highest BCUT2D eigenvalue weighted by Crippen LogP contribution is 2.39. The van der Waals surface area contributed by atoms with Crippen LogP contribution in [-0.2, 0) is 24.4 Å². The third-order valence-corrected chi connectivity index (χ3v) is 7.59. The first kappa shape index (κ1) is 24.9. The van der Waals surface area contributed by atoms with Gasteiger partial charge in [0.1, 0.15) is 22.7 Å². The molecule has 1 aliphatic carbocycles. The summed E-state index contributed by atoms with van der Waals surface area (Å²) in [6.45, 7) is 1.83. The zero-order chi connectivity index (χ0) is 24.5. The van der Waals surface area contributed by atoms with Crippen molar-refractivity contribution in [3.05, 3.63) is 47.0 Å². The molecule has 33 heavy (non-hydrogen) atoms. The number of anilines is 1. The number of ether oxygens (including phenoxy) is 1. The Bertz CT molecular complexity index is 1190. The highest BCUT2D eigenvalue weighted by atomic mass is 35.5. The lowest BCUT2D eigenvalue weighted by atomic mass is 9.82. The molecule has 0 spiro atoms. The van der Waals surface area contributed by atoms with Crippen LogP contribution >= 0.6 is 11.6 Å². The number of benzene rings is 2. The molecule has 3 unspecified atom stereocenters. The quantitative estimate of drug-likeness (QED) is 0.269. The number of Topliss-reactive ketones (excluding diaryl/α,β-unsaturated/α-hetero) is 2. The van der Waals surface area contributed by atoms with Crippen LogP contribution in [0.15, 0.2) is 41.3 Å². The molecule has 0 bridgehead atoms. The first-order chi connectivity index (χ1) is 15.5. The van der Waals surface area contributed by atoms with Gasteiger partial charge in [0.2, 0.25) is 11.6 Å². The number of aromatic hydroxyl groups is 1. The fourth-order valence-corrected chi connectivity index (χ4v) is 4.98. The SMILES string of the molecule is COc1cccc(C(C)NC2C(=O)C(=O)C2Nc2ccc(Cl)c(S(=O)(=O)N(C)OC)c2O)c1. The van der Waals surface area contributed by atoms with Gasteiger partial charge >= 0.3 is 0 Å². The van der Waals surface area contributed by atoms with Gasteiger partial charge in [-0.25, -0.2) is 8.42 Å². The molecule has 10 nitrogen and oxygen atoms in total. The van der Waals surface area contributed by atoms with Gasteiger partial charge in [0.25, 0.3) is 10.0 Å². The van der Waals surface area contributed by atoms with E-state index in [9.17, 15) is 23.1 Å². The minimum atomic E-state index is -4.29. The average Bonchev–Trinajstić information content (AvgIpc) is 2.81. The van der Waals surface area contributed by atoms with E-state index in [4.69, 9.17) is 21.2 Å². The van der Waals surface area contributed by atoms with Gasteiger partial charge in [-0.1, -0.05) is 28.2 Å². The van der Waals surface area contributed by atoms with Crippen LogP contribution in [0.25, 0.3) is 0 Å². The van der Waals surface area contributed by atoms with Crippen LogP contribution in [0.3, 0.4) is 0 Å². The predicted octanol–water partition coefficient (Wildman–Crippen LogP) is 1.89. The lowest BCUT2D eigenvalue weighted by molar-refractivity contribution is -0.145. The van der Waals surface area contributed by atoms with Crippen molar-refractivity contribution in [2.75, 3.05) is 26.6 Å². The van der Waals surface area contributed by atoms with Crippen molar-refractivity contribution in [3.8, 4) is 11.5 Å². The number of carbonyl (C=O) groups is 2. The molecule has 3 atom stereocenters. The van der Waals surface area contributed by atoms with Gasteiger partial charge in [-0.3, -0.25) is 19.7 Å². The smallest absolute Gasteiger partial charge is 0.269 e. The van der Waals surface area contributed by atoms with Crippen molar-refractivity contribution in [1.82, 2.24) is 9.79 Å². The van der Waals surface area contributed by atoms with E-state index >= 15 is 0 Å². The number of halogens is 1. The summed E-state index contributed by atoms with van der Waals surface area (Å²) in [5, 5.41) is 16.3. The van der Waals surface area contributed by atoms with Gasteiger partial charge in [-0.15, -0.1) is 0 Å². The number of hydrogen-bond donors (Lipinski definition) is 3. The van der Waals surface area contributed by atoms with Gasteiger partial charge in [0.05, 0.1) is 24.9 Å². The van der Waals surface area contributed by atoms with E-state index in [0.717, 1.165) is 19.7 Å². The molecular weight excluding hydrogens is 474 g/mol. The van der Waals surface area contributed by atoms with Gasteiger partial charge < -0.3 is 15.2 Å². The molecule has 0 aliphatic heterocycles. The van der Waals surface area contributed by atoms with Crippen LogP contribution < -0.4 is 15.4 Å². The first-order valence-corrected chi connectivity index (χ1v) is 11.6. The van der Waals surface area contributed by atoms with Gasteiger partial charge in [0.15, 0.2) is 5.75 Å². The summed E-state index contributed by atoms with van der Waals surface area (Å²) in [5.74, 6) is -1.37. The van der Waals surface area contributed by atoms with Crippen LogP contribution in [0.4, 0.5) is 5.69 Å². The van der Waals surface area contributed by atoms with Crippen LogP contribution in [0.2, 0.25) is 5.02 Å². The topological polar surface area (TPSA) is 134 Å². The number of hydroxylamine groups is 1. The Hall–Kier alpha value is -2.70. The molecule has 0 radical (unpaired) electrons. The molecule has 0 aromatic heterocycles. The van der Waals surface area contributed by atoms with E-state index in [1.807, 2.05) is 13.0 Å². The normalized spacial score (nSPS) is 19.3. The van der Waals surface area contributed by atoms with Crippen LogP contribution in [0.5, 0.6) is 11.5 Å². The van der Waals surface area contributed by atoms with Gasteiger partial charge in [-0.2, -0.15) is 0 Å². The summed E-state index contributed by atoms with van der Waals surface area (Å²) in [7, 11) is -0.463. The number of nitrogens with zero attached hydrogens (tertiary/aromatic N) is 1. The van der Waals surface area contributed by atoms with Crippen molar-refractivity contribution in [2.45, 2.75) is 29.9 Å². The fourth-order valence-electron chi connectivity index (χ4n) is 3.41. The molecule has 3 rings (SSSR count). The molecule has 0 heterocycles. The molecule has 2 aromatic carbocycles.